The maximum absolute atomic E-state index is 14.7. The van der Waals surface area contributed by atoms with E-state index in [9.17, 15) is 17.6 Å². The quantitative estimate of drug-likeness (QED) is 0.340. The van der Waals surface area contributed by atoms with E-state index in [2.05, 4.69) is 6.92 Å². The van der Waals surface area contributed by atoms with E-state index in [0.717, 1.165) is 48.3 Å². The zero-order valence-electron chi connectivity index (χ0n) is 16.9. The molecular formula is C26H36F4. The molecule has 2 fully saturated rings. The molecule has 0 aliphatic heterocycles. The molecule has 0 atom stereocenters. The van der Waals surface area contributed by atoms with Gasteiger partial charge < -0.3 is 0 Å². The molecule has 0 amide bonds. The molecule has 0 aromatic heterocycles. The van der Waals surface area contributed by atoms with Crippen LogP contribution in [0.3, 0.4) is 0 Å². The van der Waals surface area contributed by atoms with Gasteiger partial charge in [0.1, 0.15) is 5.82 Å². The van der Waals surface area contributed by atoms with Gasteiger partial charge in [0.25, 0.3) is 0 Å². The Morgan fingerprint density at radius 1 is 0.700 bits per heavy atom. The highest BCUT2D eigenvalue weighted by molar-refractivity contribution is 5.65. The summed E-state index contributed by atoms with van der Waals surface area (Å²) in [6, 6.07) is 6.58. The molecule has 0 bridgehead atoms. The molecule has 2 aromatic rings. The third-order valence-electron chi connectivity index (χ3n) is 7.26. The second kappa shape index (κ2) is 9.53. The van der Waals surface area contributed by atoms with Crippen LogP contribution in [0.15, 0.2) is 30.3 Å². The van der Waals surface area contributed by atoms with Crippen LogP contribution in [0.5, 0.6) is 0 Å². The molecule has 4 heteroatoms. The van der Waals surface area contributed by atoms with Crippen LogP contribution < -0.4 is 0 Å². The molecule has 0 radical (unpaired) electrons. The topological polar surface area (TPSA) is 0 Å². The van der Waals surface area contributed by atoms with Crippen molar-refractivity contribution in [2.45, 2.75) is 71.6 Å². The minimum absolute atomic E-state index is 0. The van der Waals surface area contributed by atoms with Crippen LogP contribution in [-0.2, 0) is 0 Å². The monoisotopic (exact) mass is 424 g/mol. The first-order valence-corrected chi connectivity index (χ1v) is 10.9. The standard InChI is InChI=1S/C25H28F4.CH4.2H2/c1-15-2-4-16(5-3-15)17-6-8-18(9-7-17)19-10-11-21(22(26)12-19)20-13-23(27)25(29)24(28)14-20;;;/h10-18H,2-9H2,1H3;1H4;2*1H. The van der Waals surface area contributed by atoms with Gasteiger partial charge in [0, 0.05) is 8.42 Å². The first-order chi connectivity index (χ1) is 13.9. The van der Waals surface area contributed by atoms with Crippen LogP contribution in [0.25, 0.3) is 11.1 Å². The Bertz CT molecular complexity index is 847. The summed E-state index contributed by atoms with van der Waals surface area (Å²) >= 11 is 0. The number of rotatable bonds is 3. The Labute approximate surface area is 180 Å². The van der Waals surface area contributed by atoms with Gasteiger partial charge in [-0.1, -0.05) is 39.3 Å². The van der Waals surface area contributed by atoms with Gasteiger partial charge in [-0.3, -0.25) is 0 Å². The molecule has 0 saturated heterocycles. The fourth-order valence-corrected chi connectivity index (χ4v) is 5.41. The SMILES string of the molecule is C.CC1CCC(C2CCC(c3ccc(-c4cc(F)c(F)c(F)c4)c(F)c3)CC2)CC1.[HH].[HH]. The van der Waals surface area contributed by atoms with Crippen molar-refractivity contribution in [3.8, 4) is 11.1 Å². The second-order valence-corrected chi connectivity index (χ2v) is 9.12. The van der Waals surface area contributed by atoms with Crippen molar-refractivity contribution in [3.63, 3.8) is 0 Å². The van der Waals surface area contributed by atoms with E-state index >= 15 is 0 Å². The van der Waals surface area contributed by atoms with Gasteiger partial charge in [-0.25, -0.2) is 17.6 Å². The summed E-state index contributed by atoms with van der Waals surface area (Å²) in [4.78, 5) is 0. The Balaban J connectivity index is 0.00000171. The lowest BCUT2D eigenvalue weighted by molar-refractivity contribution is 0.165. The molecule has 168 valence electrons. The zero-order chi connectivity index (χ0) is 20.5. The van der Waals surface area contributed by atoms with Crippen LogP contribution in [0.1, 0.15) is 80.1 Å². The summed E-state index contributed by atoms with van der Waals surface area (Å²) in [6.07, 6.45) is 9.92. The van der Waals surface area contributed by atoms with Crippen molar-refractivity contribution < 1.29 is 20.4 Å². The number of benzene rings is 2. The Morgan fingerprint density at radius 3 is 1.77 bits per heavy atom. The van der Waals surface area contributed by atoms with E-state index in [1.807, 2.05) is 6.07 Å². The smallest absolute Gasteiger partial charge is 0.194 e. The van der Waals surface area contributed by atoms with Gasteiger partial charge >= 0.3 is 0 Å². The molecule has 0 nitrogen and oxygen atoms in total. The van der Waals surface area contributed by atoms with Gasteiger partial charge in [0.2, 0.25) is 0 Å². The summed E-state index contributed by atoms with van der Waals surface area (Å²) in [5.41, 5.74) is 1.06. The first-order valence-electron chi connectivity index (χ1n) is 10.9. The normalized spacial score (nSPS) is 26.8. The summed E-state index contributed by atoms with van der Waals surface area (Å²) in [5.74, 6) is -1.81. The number of hydrogen-bond donors (Lipinski definition) is 0. The van der Waals surface area contributed by atoms with Crippen molar-refractivity contribution in [3.05, 3.63) is 59.2 Å². The Kier molecular flexibility index (Phi) is 7.26. The lowest BCUT2D eigenvalue weighted by Crippen LogP contribution is -2.24. The van der Waals surface area contributed by atoms with Crippen molar-refractivity contribution in [1.29, 1.82) is 0 Å². The van der Waals surface area contributed by atoms with Crippen molar-refractivity contribution in [2.75, 3.05) is 0 Å². The molecular weight excluding hydrogens is 388 g/mol. The molecule has 0 N–H and O–H groups in total. The lowest BCUT2D eigenvalue weighted by atomic mass is 9.68. The van der Waals surface area contributed by atoms with E-state index in [-0.39, 0.29) is 21.4 Å². The molecule has 0 heterocycles. The second-order valence-electron chi connectivity index (χ2n) is 9.12. The summed E-state index contributed by atoms with van der Waals surface area (Å²) in [6.45, 7) is 2.35. The molecule has 30 heavy (non-hydrogen) atoms. The Hall–Kier alpha value is -1.84. The van der Waals surface area contributed by atoms with Crippen LogP contribution in [-0.4, -0.2) is 0 Å². The molecule has 0 unspecified atom stereocenters. The molecule has 2 aliphatic rings. The van der Waals surface area contributed by atoms with Gasteiger partial charge in [0.15, 0.2) is 17.5 Å². The number of hydrogen-bond acceptors (Lipinski definition) is 0. The van der Waals surface area contributed by atoms with Crippen LogP contribution in [0.4, 0.5) is 17.6 Å². The highest BCUT2D eigenvalue weighted by atomic mass is 19.2. The summed E-state index contributed by atoms with van der Waals surface area (Å²) in [7, 11) is 0. The molecule has 2 aromatic carbocycles. The molecule has 2 saturated carbocycles. The third-order valence-corrected chi connectivity index (χ3v) is 7.26. The van der Waals surface area contributed by atoms with E-state index in [0.29, 0.717) is 5.92 Å². The molecule has 4 rings (SSSR count). The maximum atomic E-state index is 14.7. The van der Waals surface area contributed by atoms with Gasteiger partial charge in [-0.15, -0.1) is 0 Å². The maximum Gasteiger partial charge on any atom is 0.194 e. The van der Waals surface area contributed by atoms with Crippen molar-refractivity contribution in [2.24, 2.45) is 17.8 Å². The molecule has 0 spiro atoms. The zero-order valence-corrected chi connectivity index (χ0v) is 16.9. The highest BCUT2D eigenvalue weighted by Crippen LogP contribution is 2.44. The summed E-state index contributed by atoms with van der Waals surface area (Å²) < 4.78 is 54.9. The van der Waals surface area contributed by atoms with Crippen LogP contribution in [0.2, 0.25) is 0 Å². The summed E-state index contributed by atoms with van der Waals surface area (Å²) in [5, 5.41) is 0. The van der Waals surface area contributed by atoms with E-state index in [1.165, 1.54) is 44.6 Å². The first kappa shape index (κ1) is 22.8. The lowest BCUT2D eigenvalue weighted by Gasteiger charge is -2.37. The fraction of sp³-hybridized carbons (Fsp3) is 0.538. The molecule has 2 aliphatic carbocycles. The van der Waals surface area contributed by atoms with E-state index < -0.39 is 23.3 Å². The predicted molar refractivity (Wildman–Crippen MR) is 118 cm³/mol. The van der Waals surface area contributed by atoms with E-state index in [4.69, 9.17) is 0 Å². The number of halogens is 4. The average molecular weight is 425 g/mol. The van der Waals surface area contributed by atoms with Crippen LogP contribution >= 0.6 is 0 Å². The largest absolute Gasteiger partial charge is 0.206 e. The fourth-order valence-electron chi connectivity index (χ4n) is 5.41. The Morgan fingerprint density at radius 2 is 1.23 bits per heavy atom. The van der Waals surface area contributed by atoms with Gasteiger partial charge in [-0.2, -0.15) is 0 Å². The van der Waals surface area contributed by atoms with Gasteiger partial charge in [0.05, 0.1) is 0 Å². The van der Waals surface area contributed by atoms with Crippen molar-refractivity contribution >= 4 is 0 Å². The van der Waals surface area contributed by atoms with E-state index in [1.54, 1.807) is 6.07 Å². The van der Waals surface area contributed by atoms with Crippen LogP contribution in [0, 0.1) is 41.0 Å². The highest BCUT2D eigenvalue weighted by Gasteiger charge is 2.30. The van der Waals surface area contributed by atoms with Crippen molar-refractivity contribution in [1.82, 2.24) is 0 Å². The predicted octanol–water partition coefficient (Wildman–Crippen LogP) is 9.14. The third kappa shape index (κ3) is 4.73. The van der Waals surface area contributed by atoms with Gasteiger partial charge in [-0.05, 0) is 91.5 Å². The minimum Gasteiger partial charge on any atom is -0.206 e. The average Bonchev–Trinajstić information content (AvgIpc) is 2.72. The minimum atomic E-state index is -1.53.